The zero-order valence-corrected chi connectivity index (χ0v) is 8.68. The van der Waals surface area contributed by atoms with Crippen molar-refractivity contribution in [2.45, 2.75) is 6.43 Å². The van der Waals surface area contributed by atoms with E-state index < -0.39 is 12.1 Å². The lowest BCUT2D eigenvalue weighted by Crippen LogP contribution is -1.98. The van der Waals surface area contributed by atoms with Gasteiger partial charge >= 0.3 is 0 Å². The molecule has 1 aromatic rings. The van der Waals surface area contributed by atoms with Gasteiger partial charge in [0, 0.05) is 0 Å². The van der Waals surface area contributed by atoms with E-state index in [0.29, 0.717) is 4.47 Å². The van der Waals surface area contributed by atoms with Crippen molar-refractivity contribution in [3.63, 3.8) is 0 Å². The monoisotopic (exact) mass is 262 g/mol. The molecule has 0 spiro atoms. The van der Waals surface area contributed by atoms with Crippen LogP contribution in [0.4, 0.5) is 8.78 Å². The lowest BCUT2D eigenvalue weighted by atomic mass is 10.3. The largest absolute Gasteiger partial charge is 0.493 e. The van der Waals surface area contributed by atoms with E-state index in [-0.39, 0.29) is 11.4 Å². The molecule has 0 amide bonds. The Morgan fingerprint density at radius 1 is 1.64 bits per heavy atom. The fourth-order valence-electron chi connectivity index (χ4n) is 0.902. The molecule has 0 aliphatic rings. The molecule has 0 saturated carbocycles. The Morgan fingerprint density at radius 3 is 2.71 bits per heavy atom. The molecule has 0 saturated heterocycles. The molecule has 6 heteroatoms. The summed E-state index contributed by atoms with van der Waals surface area (Å²) >= 11 is 3.02. The highest BCUT2D eigenvalue weighted by atomic mass is 79.9. The van der Waals surface area contributed by atoms with Crippen molar-refractivity contribution in [1.82, 2.24) is 4.98 Å². The van der Waals surface area contributed by atoms with Crippen LogP contribution in [0.2, 0.25) is 0 Å². The first-order valence-electron chi connectivity index (χ1n) is 3.52. The highest BCUT2D eigenvalue weighted by Crippen LogP contribution is 2.30. The topological polar surface area (TPSA) is 45.9 Å². The van der Waals surface area contributed by atoms with E-state index >= 15 is 0 Å². The maximum atomic E-state index is 12.3. The zero-order valence-electron chi connectivity index (χ0n) is 7.09. The summed E-state index contributed by atoms with van der Waals surface area (Å²) in [7, 11) is 1.34. The van der Waals surface area contributed by atoms with Gasteiger partial charge in [-0.05, 0) is 22.0 Å². The van der Waals surface area contributed by atoms with Gasteiger partial charge in [-0.3, -0.25) is 0 Å². The maximum Gasteiger partial charge on any atom is 0.280 e. The van der Waals surface area contributed by atoms with Crippen LogP contribution in [-0.2, 0) is 0 Å². The van der Waals surface area contributed by atoms with Gasteiger partial charge in [0.15, 0.2) is 11.4 Å². The Hall–Kier alpha value is -1.22. The van der Waals surface area contributed by atoms with E-state index in [1.54, 1.807) is 6.07 Å². The number of ether oxygens (including phenoxy) is 1. The van der Waals surface area contributed by atoms with Crippen LogP contribution in [0.1, 0.15) is 17.8 Å². The first kappa shape index (κ1) is 10.9. The summed E-state index contributed by atoms with van der Waals surface area (Å²) in [6.07, 6.45) is -2.70. The summed E-state index contributed by atoms with van der Waals surface area (Å²) in [5.74, 6) is 0.164. The van der Waals surface area contributed by atoms with Crippen molar-refractivity contribution in [2.75, 3.05) is 7.11 Å². The molecule has 1 heterocycles. The third-order valence-corrected chi connectivity index (χ3v) is 2.07. The van der Waals surface area contributed by atoms with E-state index in [0.717, 1.165) is 6.07 Å². The van der Waals surface area contributed by atoms with Crippen LogP contribution in [0.5, 0.6) is 5.75 Å². The van der Waals surface area contributed by atoms with Crippen LogP contribution in [0.15, 0.2) is 10.5 Å². The van der Waals surface area contributed by atoms with Gasteiger partial charge in [0.25, 0.3) is 6.43 Å². The second-order valence-corrected chi connectivity index (χ2v) is 3.18. The van der Waals surface area contributed by atoms with Crippen molar-refractivity contribution in [3.8, 4) is 11.8 Å². The summed E-state index contributed by atoms with van der Waals surface area (Å²) in [5.41, 5.74) is -0.605. The molecular weight excluding hydrogens is 258 g/mol. The second kappa shape index (κ2) is 4.33. The SMILES string of the molecule is COc1c(Br)cc(C(F)F)nc1C#N. The van der Waals surface area contributed by atoms with Gasteiger partial charge < -0.3 is 4.74 Å². The average Bonchev–Trinajstić information content (AvgIpc) is 2.16. The number of alkyl halides is 2. The Balaban J connectivity index is 3.33. The number of halogens is 3. The van der Waals surface area contributed by atoms with Gasteiger partial charge in [-0.2, -0.15) is 5.26 Å². The predicted octanol–water partition coefficient (Wildman–Crippen LogP) is 2.66. The minimum atomic E-state index is -2.70. The Labute approximate surface area is 87.5 Å². The molecule has 14 heavy (non-hydrogen) atoms. The number of rotatable bonds is 2. The summed E-state index contributed by atoms with van der Waals surface area (Å²) in [6.45, 7) is 0. The van der Waals surface area contributed by atoms with Crippen LogP contribution in [0.3, 0.4) is 0 Å². The van der Waals surface area contributed by atoms with Crippen LogP contribution >= 0.6 is 15.9 Å². The third-order valence-electron chi connectivity index (χ3n) is 1.48. The molecule has 0 aliphatic heterocycles. The maximum absolute atomic E-state index is 12.3. The van der Waals surface area contributed by atoms with Gasteiger partial charge in [0.2, 0.25) is 0 Å². The summed E-state index contributed by atoms with van der Waals surface area (Å²) in [5, 5.41) is 8.62. The molecule has 0 unspecified atom stereocenters. The van der Waals surface area contributed by atoms with E-state index in [1.165, 1.54) is 7.11 Å². The molecule has 3 nitrogen and oxygen atoms in total. The first-order valence-corrected chi connectivity index (χ1v) is 4.32. The van der Waals surface area contributed by atoms with E-state index in [2.05, 4.69) is 20.9 Å². The van der Waals surface area contributed by atoms with Crippen molar-refractivity contribution >= 4 is 15.9 Å². The fourth-order valence-corrected chi connectivity index (χ4v) is 1.49. The number of nitriles is 1. The molecule has 0 fully saturated rings. The standard InChI is InChI=1S/C8H5BrF2N2O/c1-14-7-4(9)2-5(8(10)11)13-6(7)3-12/h2,8H,1H3. The van der Waals surface area contributed by atoms with Gasteiger partial charge in [-0.1, -0.05) is 0 Å². The molecule has 1 aromatic heterocycles. The minimum absolute atomic E-state index is 0.155. The lowest BCUT2D eigenvalue weighted by Gasteiger charge is -2.06. The van der Waals surface area contributed by atoms with Crippen molar-refractivity contribution in [2.24, 2.45) is 0 Å². The molecule has 0 aromatic carbocycles. The van der Waals surface area contributed by atoms with Gasteiger partial charge in [-0.25, -0.2) is 13.8 Å². The molecule has 0 atom stereocenters. The smallest absolute Gasteiger partial charge is 0.280 e. The number of hydrogen-bond donors (Lipinski definition) is 0. The molecule has 0 aliphatic carbocycles. The number of aromatic nitrogens is 1. The summed E-state index contributed by atoms with van der Waals surface area (Å²) < 4.78 is 29.6. The summed E-state index contributed by atoms with van der Waals surface area (Å²) in [4.78, 5) is 3.46. The number of hydrogen-bond acceptors (Lipinski definition) is 3. The number of pyridine rings is 1. The second-order valence-electron chi connectivity index (χ2n) is 2.32. The van der Waals surface area contributed by atoms with Crippen LogP contribution < -0.4 is 4.74 Å². The quantitative estimate of drug-likeness (QED) is 0.823. The molecule has 1 rings (SSSR count). The van der Waals surface area contributed by atoms with Crippen LogP contribution in [-0.4, -0.2) is 12.1 Å². The van der Waals surface area contributed by atoms with Gasteiger partial charge in [0.05, 0.1) is 11.6 Å². The van der Waals surface area contributed by atoms with Crippen molar-refractivity contribution in [3.05, 3.63) is 21.9 Å². The predicted molar refractivity (Wildman–Crippen MR) is 48.2 cm³/mol. The third kappa shape index (κ3) is 1.99. The molecule has 0 N–H and O–H groups in total. The Kier molecular flexibility index (Phi) is 3.36. The van der Waals surface area contributed by atoms with Crippen LogP contribution in [0.25, 0.3) is 0 Å². The first-order chi connectivity index (χ1) is 6.60. The lowest BCUT2D eigenvalue weighted by molar-refractivity contribution is 0.145. The number of methoxy groups -OCH3 is 1. The van der Waals surface area contributed by atoms with Crippen LogP contribution in [0, 0.1) is 11.3 Å². The molecule has 0 bridgehead atoms. The summed E-state index contributed by atoms with van der Waals surface area (Å²) in [6, 6.07) is 2.81. The minimum Gasteiger partial charge on any atom is -0.493 e. The zero-order chi connectivity index (χ0) is 10.7. The molecule has 0 radical (unpaired) electrons. The Morgan fingerprint density at radius 2 is 2.29 bits per heavy atom. The highest BCUT2D eigenvalue weighted by molar-refractivity contribution is 9.10. The normalized spacial score (nSPS) is 10.0. The highest BCUT2D eigenvalue weighted by Gasteiger charge is 2.16. The number of nitrogens with zero attached hydrogens (tertiary/aromatic N) is 2. The van der Waals surface area contributed by atoms with E-state index in [4.69, 9.17) is 10.00 Å². The van der Waals surface area contributed by atoms with E-state index in [9.17, 15) is 8.78 Å². The van der Waals surface area contributed by atoms with Crippen molar-refractivity contribution < 1.29 is 13.5 Å². The van der Waals surface area contributed by atoms with Gasteiger partial charge in [-0.15, -0.1) is 0 Å². The Bertz CT molecular complexity index is 390. The fraction of sp³-hybridized carbons (Fsp3) is 0.250. The van der Waals surface area contributed by atoms with Crippen molar-refractivity contribution in [1.29, 1.82) is 5.26 Å². The van der Waals surface area contributed by atoms with E-state index in [1.807, 2.05) is 0 Å². The van der Waals surface area contributed by atoms with Gasteiger partial charge in [0.1, 0.15) is 11.8 Å². The molecule has 74 valence electrons. The molecular formula is C8H5BrF2N2O. The average molecular weight is 263 g/mol.